The van der Waals surface area contributed by atoms with Gasteiger partial charge >= 0.3 is 6.03 Å². The quantitative estimate of drug-likeness (QED) is 0.499. The van der Waals surface area contributed by atoms with Crippen LogP contribution in [0.3, 0.4) is 0 Å². The fourth-order valence-corrected chi connectivity index (χ4v) is 4.82. The van der Waals surface area contributed by atoms with Crippen molar-refractivity contribution >= 4 is 23.5 Å². The van der Waals surface area contributed by atoms with Crippen molar-refractivity contribution in [3.63, 3.8) is 0 Å². The van der Waals surface area contributed by atoms with Crippen LogP contribution in [0.1, 0.15) is 40.5 Å². The second kappa shape index (κ2) is 7.67. The van der Waals surface area contributed by atoms with E-state index in [0.717, 1.165) is 24.7 Å². The van der Waals surface area contributed by atoms with Crippen LogP contribution >= 0.6 is 11.8 Å². The molecule has 0 aromatic heterocycles. The van der Waals surface area contributed by atoms with Crippen LogP contribution in [0.25, 0.3) is 0 Å². The molecule has 3 nitrogen and oxygen atoms in total. The molecule has 26 heavy (non-hydrogen) atoms. The first-order valence-electron chi connectivity index (χ1n) is 9.70. The molecule has 0 aliphatic heterocycles. The lowest BCUT2D eigenvalue weighted by molar-refractivity contribution is -0.00968. The Balaban J connectivity index is 1.69. The van der Waals surface area contributed by atoms with Crippen molar-refractivity contribution < 1.29 is 4.79 Å². The van der Waals surface area contributed by atoms with Gasteiger partial charge in [-0.05, 0) is 66.5 Å². The summed E-state index contributed by atoms with van der Waals surface area (Å²) in [7, 11) is 0. The Morgan fingerprint density at radius 3 is 2.54 bits per heavy atom. The summed E-state index contributed by atoms with van der Waals surface area (Å²) in [6.45, 7) is 10.7. The average molecular weight is 373 g/mol. The summed E-state index contributed by atoms with van der Waals surface area (Å²) in [6, 6.07) is 8.07. The second-order valence-electron chi connectivity index (χ2n) is 8.75. The summed E-state index contributed by atoms with van der Waals surface area (Å²) < 4.78 is 0. The zero-order chi connectivity index (χ0) is 18.9. The van der Waals surface area contributed by atoms with Gasteiger partial charge in [0.15, 0.2) is 0 Å². The summed E-state index contributed by atoms with van der Waals surface area (Å²) in [5.41, 5.74) is 2.73. The lowest BCUT2D eigenvalue weighted by Gasteiger charge is -2.57. The number of benzene rings is 1. The van der Waals surface area contributed by atoms with E-state index in [-0.39, 0.29) is 6.03 Å². The van der Waals surface area contributed by atoms with Crippen molar-refractivity contribution in [3.8, 4) is 0 Å². The SMILES string of the molecule is CSc1ccc(NC(=O)N(CC2=CCC3CC2C3(C)C)CC(C)C)cc1. The van der Waals surface area contributed by atoms with Gasteiger partial charge < -0.3 is 10.2 Å². The highest BCUT2D eigenvalue weighted by molar-refractivity contribution is 7.98. The van der Waals surface area contributed by atoms with Crippen molar-refractivity contribution in [1.29, 1.82) is 0 Å². The molecule has 0 saturated heterocycles. The molecule has 2 amide bonds. The van der Waals surface area contributed by atoms with Crippen LogP contribution < -0.4 is 5.32 Å². The molecule has 3 aliphatic carbocycles. The third kappa shape index (κ3) is 3.95. The topological polar surface area (TPSA) is 32.3 Å². The van der Waals surface area contributed by atoms with E-state index in [1.165, 1.54) is 23.3 Å². The second-order valence-corrected chi connectivity index (χ2v) is 9.63. The molecular formula is C22H32N2OS. The van der Waals surface area contributed by atoms with Crippen molar-refractivity contribution in [1.82, 2.24) is 4.90 Å². The number of fused-ring (bicyclic) bond motifs is 1. The smallest absolute Gasteiger partial charge is 0.320 e. The van der Waals surface area contributed by atoms with E-state index in [1.54, 1.807) is 11.8 Å². The van der Waals surface area contributed by atoms with Crippen LogP contribution in [-0.2, 0) is 0 Å². The van der Waals surface area contributed by atoms with Gasteiger partial charge in [0.05, 0.1) is 0 Å². The highest BCUT2D eigenvalue weighted by atomic mass is 32.2. The van der Waals surface area contributed by atoms with Gasteiger partial charge in [0.25, 0.3) is 0 Å². The molecule has 1 aromatic rings. The molecule has 142 valence electrons. The molecule has 4 heteroatoms. The standard InChI is InChI=1S/C22H32N2OS/c1-15(2)13-24(14-16-6-7-17-12-20(16)22(17,3)4)21(25)23-18-8-10-19(26-5)11-9-18/h6,8-11,15,17,20H,7,12-14H2,1-5H3,(H,23,25). The normalized spacial score (nSPS) is 23.2. The van der Waals surface area contributed by atoms with E-state index in [2.05, 4.69) is 45.3 Å². The van der Waals surface area contributed by atoms with E-state index in [1.807, 2.05) is 29.2 Å². The molecule has 4 rings (SSSR count). The van der Waals surface area contributed by atoms with Crippen LogP contribution in [0.2, 0.25) is 0 Å². The Morgan fingerprint density at radius 2 is 2.00 bits per heavy atom. The van der Waals surface area contributed by atoms with Gasteiger partial charge in [0.2, 0.25) is 0 Å². The number of anilines is 1. The average Bonchev–Trinajstić information content (AvgIpc) is 2.61. The highest BCUT2D eigenvalue weighted by Crippen LogP contribution is 2.59. The molecular weight excluding hydrogens is 340 g/mol. The van der Waals surface area contributed by atoms with Gasteiger partial charge in [-0.2, -0.15) is 0 Å². The number of amides is 2. The predicted molar refractivity (Wildman–Crippen MR) is 112 cm³/mol. The number of carbonyl (C=O) groups is 1. The minimum atomic E-state index is 0.00996. The number of hydrogen-bond donors (Lipinski definition) is 1. The minimum Gasteiger partial charge on any atom is -0.320 e. The summed E-state index contributed by atoms with van der Waals surface area (Å²) in [5.74, 6) is 1.93. The van der Waals surface area contributed by atoms with Gasteiger partial charge in [-0.25, -0.2) is 4.79 Å². The molecule has 1 fully saturated rings. The Morgan fingerprint density at radius 1 is 1.31 bits per heavy atom. The van der Waals surface area contributed by atoms with Gasteiger partial charge in [-0.3, -0.25) is 0 Å². The first-order chi connectivity index (χ1) is 12.3. The minimum absolute atomic E-state index is 0.00996. The van der Waals surface area contributed by atoms with Crippen LogP contribution in [-0.4, -0.2) is 30.3 Å². The van der Waals surface area contributed by atoms with E-state index >= 15 is 0 Å². The number of thioether (sulfide) groups is 1. The Labute approximate surface area is 162 Å². The van der Waals surface area contributed by atoms with Gasteiger partial charge in [0, 0.05) is 23.7 Å². The third-order valence-electron chi connectivity index (χ3n) is 6.17. The molecule has 2 atom stereocenters. The van der Waals surface area contributed by atoms with Crippen LogP contribution in [0.4, 0.5) is 10.5 Å². The molecule has 1 N–H and O–H groups in total. The molecule has 2 bridgehead atoms. The fraction of sp³-hybridized carbons (Fsp3) is 0.591. The van der Waals surface area contributed by atoms with Crippen LogP contribution in [0, 0.1) is 23.2 Å². The first-order valence-corrected chi connectivity index (χ1v) is 10.9. The Bertz CT molecular complexity index is 678. The number of urea groups is 1. The number of hydrogen-bond acceptors (Lipinski definition) is 2. The monoisotopic (exact) mass is 372 g/mol. The van der Waals surface area contributed by atoms with Crippen molar-refractivity contribution in [2.75, 3.05) is 24.7 Å². The maximum absolute atomic E-state index is 12.9. The number of nitrogens with zero attached hydrogens (tertiary/aromatic N) is 1. The first kappa shape index (κ1) is 19.3. The molecule has 1 saturated carbocycles. The van der Waals surface area contributed by atoms with E-state index in [4.69, 9.17) is 0 Å². The lowest BCUT2D eigenvalue weighted by atomic mass is 9.49. The molecule has 3 aliphatic rings. The summed E-state index contributed by atoms with van der Waals surface area (Å²) >= 11 is 1.71. The molecule has 0 spiro atoms. The van der Waals surface area contributed by atoms with Gasteiger partial charge in [-0.15, -0.1) is 11.8 Å². The predicted octanol–water partition coefficient (Wildman–Crippen LogP) is 5.89. The maximum atomic E-state index is 12.9. The fourth-order valence-electron chi connectivity index (χ4n) is 4.41. The largest absolute Gasteiger partial charge is 0.322 e. The van der Waals surface area contributed by atoms with Gasteiger partial charge in [-0.1, -0.05) is 39.3 Å². The number of nitrogens with one attached hydrogen (secondary N) is 1. The summed E-state index contributed by atoms with van der Waals surface area (Å²) in [5, 5.41) is 3.09. The van der Waals surface area contributed by atoms with Crippen LogP contribution in [0.15, 0.2) is 40.8 Å². The maximum Gasteiger partial charge on any atom is 0.322 e. The Hall–Kier alpha value is -1.42. The molecule has 0 heterocycles. The van der Waals surface area contributed by atoms with Crippen LogP contribution in [0.5, 0.6) is 0 Å². The Kier molecular flexibility index (Phi) is 5.71. The number of allylic oxidation sites excluding steroid dienone is 1. The zero-order valence-corrected chi connectivity index (χ0v) is 17.5. The molecule has 2 unspecified atom stereocenters. The van der Waals surface area contributed by atoms with E-state index in [9.17, 15) is 4.79 Å². The molecule has 1 aromatic carbocycles. The molecule has 0 radical (unpaired) electrons. The van der Waals surface area contributed by atoms with E-state index < -0.39 is 0 Å². The summed E-state index contributed by atoms with van der Waals surface area (Å²) in [4.78, 5) is 16.1. The van der Waals surface area contributed by atoms with Crippen molar-refractivity contribution in [2.45, 2.75) is 45.4 Å². The van der Waals surface area contributed by atoms with Gasteiger partial charge in [0.1, 0.15) is 0 Å². The lowest BCUT2D eigenvalue weighted by Crippen LogP contribution is -2.50. The van der Waals surface area contributed by atoms with Crippen molar-refractivity contribution in [3.05, 3.63) is 35.9 Å². The van der Waals surface area contributed by atoms with Crippen molar-refractivity contribution in [2.24, 2.45) is 23.2 Å². The third-order valence-corrected chi connectivity index (χ3v) is 6.91. The number of rotatable bonds is 6. The number of carbonyl (C=O) groups excluding carboxylic acids is 1. The summed E-state index contributed by atoms with van der Waals surface area (Å²) in [6.07, 6.45) is 6.93. The zero-order valence-electron chi connectivity index (χ0n) is 16.7. The van der Waals surface area contributed by atoms with E-state index in [0.29, 0.717) is 17.3 Å². The highest BCUT2D eigenvalue weighted by Gasteiger charge is 2.51.